The van der Waals surface area contributed by atoms with Gasteiger partial charge in [-0.25, -0.2) is 4.79 Å². The second kappa shape index (κ2) is 5.34. The molecular formula is C20H28O4. The molecule has 0 aromatic heterocycles. The van der Waals surface area contributed by atoms with Crippen molar-refractivity contribution in [3.63, 3.8) is 0 Å². The van der Waals surface area contributed by atoms with Crippen molar-refractivity contribution >= 4 is 11.9 Å². The summed E-state index contributed by atoms with van der Waals surface area (Å²) in [4.78, 5) is 23.1. The number of carbonyl (C=O) groups excluding carboxylic acids is 2. The van der Waals surface area contributed by atoms with Crippen molar-refractivity contribution in [2.24, 2.45) is 28.6 Å². The van der Waals surface area contributed by atoms with Gasteiger partial charge in [0.25, 0.3) is 0 Å². The summed E-state index contributed by atoms with van der Waals surface area (Å²) in [6.07, 6.45) is 10.3. The van der Waals surface area contributed by atoms with E-state index in [0.717, 1.165) is 38.5 Å². The van der Waals surface area contributed by atoms with Crippen molar-refractivity contribution in [2.45, 2.75) is 71.5 Å². The molecule has 0 aromatic rings. The van der Waals surface area contributed by atoms with Gasteiger partial charge in [0.05, 0.1) is 0 Å². The van der Waals surface area contributed by atoms with Crippen LogP contribution in [0.25, 0.3) is 0 Å². The van der Waals surface area contributed by atoms with Crippen molar-refractivity contribution in [1.29, 1.82) is 0 Å². The molecule has 3 aliphatic carbocycles. The van der Waals surface area contributed by atoms with Crippen LogP contribution in [0.1, 0.15) is 59.3 Å². The first-order valence-electron chi connectivity index (χ1n) is 9.41. The molecule has 3 fully saturated rings. The molecule has 7 atom stereocenters. The molecule has 0 bridgehead atoms. The normalized spacial score (nSPS) is 49.6. The first-order chi connectivity index (χ1) is 11.3. The third kappa shape index (κ3) is 2.18. The molecule has 7 unspecified atom stereocenters. The van der Waals surface area contributed by atoms with Gasteiger partial charge < -0.3 is 9.47 Å². The number of hydrogen-bond donors (Lipinski definition) is 0. The Morgan fingerprint density at radius 1 is 1.17 bits per heavy atom. The van der Waals surface area contributed by atoms with E-state index in [1.54, 1.807) is 6.08 Å². The van der Waals surface area contributed by atoms with Crippen LogP contribution in [0.5, 0.6) is 0 Å². The lowest BCUT2D eigenvalue weighted by molar-refractivity contribution is -0.172. The Bertz CT molecular complexity index is 596. The molecule has 0 spiro atoms. The summed E-state index contributed by atoms with van der Waals surface area (Å²) in [7, 11) is 0. The maximum absolute atomic E-state index is 11.6. The molecule has 24 heavy (non-hydrogen) atoms. The minimum atomic E-state index is -0.188. The van der Waals surface area contributed by atoms with E-state index in [1.165, 1.54) is 6.92 Å². The smallest absolute Gasteiger partial charge is 0.330 e. The number of fused-ring (bicyclic) bond motifs is 5. The van der Waals surface area contributed by atoms with E-state index in [-0.39, 0.29) is 35.0 Å². The molecular weight excluding hydrogens is 304 g/mol. The third-order valence-electron chi connectivity index (χ3n) is 7.75. The molecule has 0 aromatic carbocycles. The highest BCUT2D eigenvalue weighted by atomic mass is 16.5. The standard InChI is InChI=1S/C20H28O4/c1-12(21)23-16-7-5-14-13-4-6-17-20(3,11-9-18(22)24-17)15(13)8-10-19(14,16)2/h9,11,13-17H,4-8,10H2,1-3H3. The van der Waals surface area contributed by atoms with Crippen LogP contribution in [0.3, 0.4) is 0 Å². The molecule has 1 heterocycles. The van der Waals surface area contributed by atoms with Gasteiger partial charge in [-0.15, -0.1) is 0 Å². The van der Waals surface area contributed by atoms with Crippen LogP contribution in [-0.2, 0) is 19.1 Å². The van der Waals surface area contributed by atoms with Crippen LogP contribution in [0, 0.1) is 28.6 Å². The van der Waals surface area contributed by atoms with Crippen LogP contribution < -0.4 is 0 Å². The maximum atomic E-state index is 11.6. The van der Waals surface area contributed by atoms with E-state index < -0.39 is 0 Å². The summed E-state index contributed by atoms with van der Waals surface area (Å²) in [6.45, 7) is 6.13. The van der Waals surface area contributed by atoms with Crippen molar-refractivity contribution in [3.05, 3.63) is 12.2 Å². The monoisotopic (exact) mass is 332 g/mol. The Balaban J connectivity index is 1.62. The molecule has 4 nitrogen and oxygen atoms in total. The predicted octanol–water partition coefficient (Wildman–Crippen LogP) is 3.64. The summed E-state index contributed by atoms with van der Waals surface area (Å²) in [5.74, 6) is 1.49. The van der Waals surface area contributed by atoms with Crippen LogP contribution in [0.4, 0.5) is 0 Å². The second-order valence-electron chi connectivity index (χ2n) is 8.80. The number of rotatable bonds is 1. The molecule has 4 rings (SSSR count). The van der Waals surface area contributed by atoms with Crippen LogP contribution in [0.15, 0.2) is 12.2 Å². The average molecular weight is 332 g/mol. The fourth-order valence-corrected chi connectivity index (χ4v) is 6.55. The zero-order valence-electron chi connectivity index (χ0n) is 14.9. The first-order valence-corrected chi connectivity index (χ1v) is 9.41. The fourth-order valence-electron chi connectivity index (χ4n) is 6.55. The van der Waals surface area contributed by atoms with E-state index in [9.17, 15) is 9.59 Å². The molecule has 4 heteroatoms. The lowest BCUT2D eigenvalue weighted by Gasteiger charge is -2.57. The molecule has 4 aliphatic rings. The average Bonchev–Trinajstić information content (AvgIpc) is 2.84. The minimum absolute atomic E-state index is 0.0301. The Labute approximate surface area is 144 Å². The number of carbonyl (C=O) groups is 2. The van der Waals surface area contributed by atoms with Crippen LogP contribution >= 0.6 is 0 Å². The highest BCUT2D eigenvalue weighted by molar-refractivity contribution is 5.83. The van der Waals surface area contributed by atoms with Crippen molar-refractivity contribution in [2.75, 3.05) is 0 Å². The maximum Gasteiger partial charge on any atom is 0.330 e. The van der Waals surface area contributed by atoms with Gasteiger partial charge in [-0.1, -0.05) is 19.9 Å². The number of esters is 2. The molecule has 1 aliphatic heterocycles. The molecule has 0 radical (unpaired) electrons. The van der Waals surface area contributed by atoms with Gasteiger partial charge in [-0.3, -0.25) is 4.79 Å². The zero-order chi connectivity index (χ0) is 17.1. The summed E-state index contributed by atoms with van der Waals surface area (Å²) < 4.78 is 11.3. The van der Waals surface area contributed by atoms with E-state index in [2.05, 4.69) is 19.9 Å². The van der Waals surface area contributed by atoms with Crippen LogP contribution in [-0.4, -0.2) is 24.1 Å². The van der Waals surface area contributed by atoms with Gasteiger partial charge in [0, 0.05) is 23.8 Å². The van der Waals surface area contributed by atoms with Gasteiger partial charge in [-0.2, -0.15) is 0 Å². The minimum Gasteiger partial charge on any atom is -0.462 e. The lowest BCUT2D eigenvalue weighted by Crippen LogP contribution is -2.55. The van der Waals surface area contributed by atoms with Crippen molar-refractivity contribution in [1.82, 2.24) is 0 Å². The molecule has 0 saturated heterocycles. The first kappa shape index (κ1) is 16.2. The Hall–Kier alpha value is -1.32. The van der Waals surface area contributed by atoms with Crippen LogP contribution in [0.2, 0.25) is 0 Å². The lowest BCUT2D eigenvalue weighted by atomic mass is 9.49. The SMILES string of the molecule is CC(=O)OC1CCC2C3CCC4OC(=O)C=CC4(C)C3CCC12C. The predicted molar refractivity (Wildman–Crippen MR) is 89.0 cm³/mol. The number of ether oxygens (including phenoxy) is 2. The van der Waals surface area contributed by atoms with E-state index in [0.29, 0.717) is 17.8 Å². The topological polar surface area (TPSA) is 52.6 Å². The fraction of sp³-hybridized carbons (Fsp3) is 0.800. The molecule has 3 saturated carbocycles. The summed E-state index contributed by atoms with van der Waals surface area (Å²) >= 11 is 0. The largest absolute Gasteiger partial charge is 0.462 e. The Kier molecular flexibility index (Phi) is 3.59. The van der Waals surface area contributed by atoms with E-state index in [4.69, 9.17) is 9.47 Å². The molecule has 132 valence electrons. The van der Waals surface area contributed by atoms with Gasteiger partial charge in [0.15, 0.2) is 0 Å². The molecule has 0 N–H and O–H groups in total. The van der Waals surface area contributed by atoms with Gasteiger partial charge in [-0.05, 0) is 56.3 Å². The van der Waals surface area contributed by atoms with E-state index >= 15 is 0 Å². The van der Waals surface area contributed by atoms with Crippen molar-refractivity contribution in [3.8, 4) is 0 Å². The second-order valence-corrected chi connectivity index (χ2v) is 8.80. The number of hydrogen-bond acceptors (Lipinski definition) is 4. The third-order valence-corrected chi connectivity index (χ3v) is 7.75. The highest BCUT2D eigenvalue weighted by Gasteiger charge is 2.61. The summed E-state index contributed by atoms with van der Waals surface area (Å²) in [5.41, 5.74) is 0.0861. The van der Waals surface area contributed by atoms with Gasteiger partial charge in [0.2, 0.25) is 0 Å². The summed E-state index contributed by atoms with van der Waals surface area (Å²) in [5, 5.41) is 0. The molecule has 0 amide bonds. The van der Waals surface area contributed by atoms with Crippen molar-refractivity contribution < 1.29 is 19.1 Å². The Morgan fingerprint density at radius 3 is 2.71 bits per heavy atom. The zero-order valence-corrected chi connectivity index (χ0v) is 14.9. The highest BCUT2D eigenvalue weighted by Crippen LogP contribution is 2.64. The van der Waals surface area contributed by atoms with Gasteiger partial charge >= 0.3 is 11.9 Å². The Morgan fingerprint density at radius 2 is 1.96 bits per heavy atom. The van der Waals surface area contributed by atoms with E-state index in [1.807, 2.05) is 0 Å². The quantitative estimate of drug-likeness (QED) is 0.688. The van der Waals surface area contributed by atoms with Gasteiger partial charge in [0.1, 0.15) is 12.2 Å². The summed E-state index contributed by atoms with van der Waals surface area (Å²) in [6, 6.07) is 0.